The Kier molecular flexibility index (Phi) is 2.83. The summed E-state index contributed by atoms with van der Waals surface area (Å²) in [4.78, 5) is 0.352. The van der Waals surface area contributed by atoms with Crippen LogP contribution in [-0.2, 0) is 10.7 Å². The smallest absolute Gasteiger partial charge is 0.168 e. The fraction of sp³-hybridized carbons (Fsp3) is 0. The third-order valence-electron chi connectivity index (χ3n) is 2.19. The van der Waals surface area contributed by atoms with Crippen LogP contribution in [0.15, 0.2) is 59.5 Å². The summed E-state index contributed by atoms with van der Waals surface area (Å²) in [6, 6.07) is 16.7. The first-order valence-corrected chi connectivity index (χ1v) is 5.75. The van der Waals surface area contributed by atoms with Gasteiger partial charge in [-0.25, -0.2) is 8.42 Å². The van der Waals surface area contributed by atoms with Gasteiger partial charge in [-0.15, -0.1) is 0 Å². The molecular weight excluding hydrogens is 208 g/mol. The van der Waals surface area contributed by atoms with E-state index in [4.69, 9.17) is 0 Å². The topological polar surface area (TPSA) is 34.1 Å². The standard InChI is InChI=1S/C12H10O2S/c13-15(14)12-8-6-11(7-9-12)10-4-2-1-3-5-10/h1-9,15H. The maximum atomic E-state index is 10.7. The van der Waals surface area contributed by atoms with Crippen LogP contribution in [0.25, 0.3) is 11.1 Å². The molecule has 0 saturated heterocycles. The summed E-state index contributed by atoms with van der Waals surface area (Å²) in [6.45, 7) is 0. The maximum Gasteiger partial charge on any atom is 0.168 e. The van der Waals surface area contributed by atoms with E-state index < -0.39 is 10.7 Å². The lowest BCUT2D eigenvalue weighted by Gasteiger charge is -2.00. The van der Waals surface area contributed by atoms with Crippen LogP contribution in [0.5, 0.6) is 0 Å². The van der Waals surface area contributed by atoms with E-state index in [0.717, 1.165) is 11.1 Å². The van der Waals surface area contributed by atoms with Gasteiger partial charge in [0.1, 0.15) is 0 Å². The van der Waals surface area contributed by atoms with Crippen LogP contribution < -0.4 is 0 Å². The molecule has 0 N–H and O–H groups in total. The monoisotopic (exact) mass is 218 g/mol. The molecule has 0 unspecified atom stereocenters. The Morgan fingerprint density at radius 1 is 0.667 bits per heavy atom. The van der Waals surface area contributed by atoms with E-state index >= 15 is 0 Å². The van der Waals surface area contributed by atoms with Crippen LogP contribution >= 0.6 is 0 Å². The Bertz CT molecular complexity index is 505. The van der Waals surface area contributed by atoms with Crippen LogP contribution in [-0.4, -0.2) is 8.42 Å². The normalized spacial score (nSPS) is 10.5. The highest BCUT2D eigenvalue weighted by Crippen LogP contribution is 2.19. The molecule has 15 heavy (non-hydrogen) atoms. The molecule has 76 valence electrons. The first-order chi connectivity index (χ1) is 7.27. The van der Waals surface area contributed by atoms with Crippen molar-refractivity contribution in [1.29, 1.82) is 0 Å². The predicted molar refractivity (Wildman–Crippen MR) is 60.5 cm³/mol. The van der Waals surface area contributed by atoms with Crippen LogP contribution in [0.3, 0.4) is 0 Å². The molecule has 2 aromatic rings. The highest BCUT2D eigenvalue weighted by Gasteiger charge is 1.97. The minimum atomic E-state index is -2.48. The Morgan fingerprint density at radius 2 is 1.20 bits per heavy atom. The molecule has 0 spiro atoms. The van der Waals surface area contributed by atoms with Gasteiger partial charge in [-0.1, -0.05) is 42.5 Å². The van der Waals surface area contributed by atoms with Gasteiger partial charge in [-0.05, 0) is 23.3 Å². The van der Waals surface area contributed by atoms with Gasteiger partial charge < -0.3 is 0 Å². The van der Waals surface area contributed by atoms with Gasteiger partial charge in [0.25, 0.3) is 0 Å². The Balaban J connectivity index is 2.40. The minimum absolute atomic E-state index is 0.352. The number of thiol groups is 1. The second kappa shape index (κ2) is 4.28. The molecule has 0 atom stereocenters. The number of rotatable bonds is 2. The van der Waals surface area contributed by atoms with E-state index in [9.17, 15) is 8.42 Å². The average Bonchev–Trinajstić information content (AvgIpc) is 2.30. The Hall–Kier alpha value is -1.61. The van der Waals surface area contributed by atoms with Gasteiger partial charge in [0, 0.05) is 0 Å². The summed E-state index contributed by atoms with van der Waals surface area (Å²) >= 11 is 0. The van der Waals surface area contributed by atoms with E-state index in [2.05, 4.69) is 0 Å². The number of hydrogen-bond donors (Lipinski definition) is 1. The average molecular weight is 218 g/mol. The molecule has 0 aromatic heterocycles. The molecular formula is C12H10O2S. The second-order valence-corrected chi connectivity index (χ2v) is 4.20. The molecule has 3 heteroatoms. The van der Waals surface area contributed by atoms with Gasteiger partial charge in [0.15, 0.2) is 10.7 Å². The summed E-state index contributed by atoms with van der Waals surface area (Å²) in [5, 5.41) is 0. The van der Waals surface area contributed by atoms with Crippen molar-refractivity contribution in [2.45, 2.75) is 4.90 Å². The molecule has 0 heterocycles. The maximum absolute atomic E-state index is 10.7. The largest absolute Gasteiger partial charge is 0.227 e. The summed E-state index contributed by atoms with van der Waals surface area (Å²) in [7, 11) is -2.48. The summed E-state index contributed by atoms with van der Waals surface area (Å²) in [5.74, 6) is 0. The SMILES string of the molecule is O=[SH](=O)c1ccc(-c2ccccc2)cc1. The van der Waals surface area contributed by atoms with Crippen LogP contribution in [0.4, 0.5) is 0 Å². The quantitative estimate of drug-likeness (QED) is 0.785. The van der Waals surface area contributed by atoms with Crippen LogP contribution in [0.2, 0.25) is 0 Å². The second-order valence-electron chi connectivity index (χ2n) is 3.17. The zero-order valence-corrected chi connectivity index (χ0v) is 8.85. The van der Waals surface area contributed by atoms with E-state index in [1.807, 2.05) is 42.5 Å². The molecule has 0 fully saturated rings. The fourth-order valence-electron chi connectivity index (χ4n) is 1.41. The van der Waals surface area contributed by atoms with Gasteiger partial charge in [-0.2, -0.15) is 0 Å². The summed E-state index contributed by atoms with van der Waals surface area (Å²) < 4.78 is 21.4. The van der Waals surface area contributed by atoms with E-state index in [-0.39, 0.29) is 0 Å². The molecule has 0 aliphatic carbocycles. The molecule has 2 aromatic carbocycles. The van der Waals surface area contributed by atoms with Crippen molar-refractivity contribution in [3.63, 3.8) is 0 Å². The van der Waals surface area contributed by atoms with Crippen molar-refractivity contribution in [3.05, 3.63) is 54.6 Å². The van der Waals surface area contributed by atoms with Crippen molar-refractivity contribution >= 4 is 10.7 Å². The van der Waals surface area contributed by atoms with Crippen molar-refractivity contribution < 1.29 is 8.42 Å². The molecule has 0 radical (unpaired) electrons. The number of hydrogen-bond acceptors (Lipinski definition) is 2. The van der Waals surface area contributed by atoms with Gasteiger partial charge >= 0.3 is 0 Å². The van der Waals surface area contributed by atoms with Gasteiger partial charge in [0.2, 0.25) is 0 Å². The molecule has 0 aliphatic heterocycles. The Labute approximate surface area is 90.1 Å². The first-order valence-electron chi connectivity index (χ1n) is 4.57. The summed E-state index contributed by atoms with van der Waals surface area (Å²) in [5.41, 5.74) is 2.11. The number of benzene rings is 2. The van der Waals surface area contributed by atoms with E-state index in [1.165, 1.54) is 0 Å². The third-order valence-corrected chi connectivity index (χ3v) is 2.91. The van der Waals surface area contributed by atoms with Crippen molar-refractivity contribution in [3.8, 4) is 11.1 Å². The molecule has 2 nitrogen and oxygen atoms in total. The van der Waals surface area contributed by atoms with Gasteiger partial charge in [-0.3, -0.25) is 0 Å². The van der Waals surface area contributed by atoms with Gasteiger partial charge in [0.05, 0.1) is 4.90 Å². The first kappa shape index (κ1) is 9.93. The highest BCUT2D eigenvalue weighted by atomic mass is 32.2. The summed E-state index contributed by atoms with van der Waals surface area (Å²) in [6.07, 6.45) is 0. The molecule has 0 saturated carbocycles. The zero-order chi connectivity index (χ0) is 10.7. The predicted octanol–water partition coefficient (Wildman–Crippen LogP) is 2.32. The van der Waals surface area contributed by atoms with Crippen molar-refractivity contribution in [2.24, 2.45) is 0 Å². The van der Waals surface area contributed by atoms with Crippen LogP contribution in [0.1, 0.15) is 0 Å². The fourth-order valence-corrected chi connectivity index (χ4v) is 1.80. The van der Waals surface area contributed by atoms with Crippen molar-refractivity contribution in [1.82, 2.24) is 0 Å². The minimum Gasteiger partial charge on any atom is -0.227 e. The molecule has 0 aliphatic rings. The third kappa shape index (κ3) is 2.25. The zero-order valence-electron chi connectivity index (χ0n) is 7.96. The lowest BCUT2D eigenvalue weighted by atomic mass is 10.1. The lowest BCUT2D eigenvalue weighted by Crippen LogP contribution is -1.81. The van der Waals surface area contributed by atoms with E-state index in [0.29, 0.717) is 4.90 Å². The Morgan fingerprint density at radius 3 is 1.73 bits per heavy atom. The van der Waals surface area contributed by atoms with Crippen molar-refractivity contribution in [2.75, 3.05) is 0 Å². The van der Waals surface area contributed by atoms with Crippen LogP contribution in [0, 0.1) is 0 Å². The highest BCUT2D eigenvalue weighted by molar-refractivity contribution is 7.72. The molecule has 2 rings (SSSR count). The van der Waals surface area contributed by atoms with E-state index in [1.54, 1.807) is 12.1 Å². The lowest BCUT2D eigenvalue weighted by molar-refractivity contribution is 0.614. The molecule has 0 bridgehead atoms. The molecule has 0 amide bonds.